The zero-order chi connectivity index (χ0) is 11.5. The van der Waals surface area contributed by atoms with E-state index in [9.17, 15) is 8.78 Å². The van der Waals surface area contributed by atoms with Crippen LogP contribution in [0.1, 0.15) is 12.8 Å². The van der Waals surface area contributed by atoms with Crippen molar-refractivity contribution in [1.82, 2.24) is 4.90 Å². The zero-order valence-corrected chi connectivity index (χ0v) is 10.0. The van der Waals surface area contributed by atoms with Crippen LogP contribution < -0.4 is 5.73 Å². The minimum atomic E-state index is -0.645. The van der Waals surface area contributed by atoms with Crippen LogP contribution in [0.5, 0.6) is 0 Å². The van der Waals surface area contributed by atoms with Gasteiger partial charge in [0.15, 0.2) is 5.96 Å². The molecule has 0 aromatic heterocycles. The number of likely N-dealkylation sites (tertiary alicyclic amines) is 1. The van der Waals surface area contributed by atoms with Crippen LogP contribution in [-0.4, -0.2) is 23.9 Å². The van der Waals surface area contributed by atoms with Gasteiger partial charge in [0.1, 0.15) is 11.6 Å². The minimum absolute atomic E-state index is 0. The summed E-state index contributed by atoms with van der Waals surface area (Å²) in [6, 6.07) is 3.13. The number of aliphatic imine (C=N–C) groups is 1. The van der Waals surface area contributed by atoms with Gasteiger partial charge in [0.2, 0.25) is 0 Å². The smallest absolute Gasteiger partial charge is 0.196 e. The summed E-state index contributed by atoms with van der Waals surface area (Å²) >= 11 is 0. The molecule has 1 heterocycles. The lowest BCUT2D eigenvalue weighted by atomic mass is 10.3. The lowest BCUT2D eigenvalue weighted by molar-refractivity contribution is 0.513. The van der Waals surface area contributed by atoms with Crippen LogP contribution in [-0.2, 0) is 0 Å². The molecule has 3 nitrogen and oxygen atoms in total. The van der Waals surface area contributed by atoms with E-state index in [1.807, 2.05) is 4.90 Å². The number of hydrogen-bond donors (Lipinski definition) is 1. The molecular weight excluding hydrogens is 248 g/mol. The highest BCUT2D eigenvalue weighted by molar-refractivity contribution is 5.85. The van der Waals surface area contributed by atoms with E-state index >= 15 is 0 Å². The molecule has 0 amide bonds. The van der Waals surface area contributed by atoms with Crippen LogP contribution >= 0.6 is 12.4 Å². The van der Waals surface area contributed by atoms with E-state index < -0.39 is 11.6 Å². The maximum Gasteiger partial charge on any atom is 0.196 e. The van der Waals surface area contributed by atoms with E-state index in [1.54, 1.807) is 0 Å². The molecule has 94 valence electrons. The topological polar surface area (TPSA) is 41.6 Å². The van der Waals surface area contributed by atoms with Gasteiger partial charge in [0.25, 0.3) is 0 Å². The molecule has 0 saturated carbocycles. The Kier molecular flexibility index (Phi) is 4.69. The standard InChI is InChI=1S/C11H13F2N3.ClH/c12-8-5-9(13)7-10(6-8)15-11(14)16-3-1-2-4-16;/h5-7H,1-4H2,(H2,14,15);1H. The SMILES string of the molecule is Cl.NC(=Nc1cc(F)cc(F)c1)N1CCCC1. The van der Waals surface area contributed by atoms with Crippen LogP contribution in [0.2, 0.25) is 0 Å². The van der Waals surface area contributed by atoms with Crippen LogP contribution in [0.15, 0.2) is 23.2 Å². The largest absolute Gasteiger partial charge is 0.369 e. The normalized spacial score (nSPS) is 15.9. The number of nitrogens with two attached hydrogens (primary N) is 1. The van der Waals surface area contributed by atoms with Crippen molar-refractivity contribution in [3.8, 4) is 0 Å². The van der Waals surface area contributed by atoms with Gasteiger partial charge in [-0.05, 0) is 25.0 Å². The molecule has 1 aromatic rings. The van der Waals surface area contributed by atoms with Gasteiger partial charge in [-0.1, -0.05) is 0 Å². The molecule has 0 unspecified atom stereocenters. The van der Waals surface area contributed by atoms with Crippen molar-refractivity contribution in [3.05, 3.63) is 29.8 Å². The maximum absolute atomic E-state index is 12.9. The van der Waals surface area contributed by atoms with Crippen molar-refractivity contribution in [2.45, 2.75) is 12.8 Å². The molecular formula is C11H14ClF2N3. The Bertz CT molecular complexity index is 397. The first kappa shape index (κ1) is 13.7. The molecule has 2 N–H and O–H groups in total. The van der Waals surface area contributed by atoms with Crippen LogP contribution in [0.25, 0.3) is 0 Å². The Morgan fingerprint density at radius 3 is 2.18 bits per heavy atom. The molecule has 0 atom stereocenters. The summed E-state index contributed by atoms with van der Waals surface area (Å²) in [5.74, 6) is -0.969. The lowest BCUT2D eigenvalue weighted by Crippen LogP contribution is -2.34. The van der Waals surface area contributed by atoms with Crippen molar-refractivity contribution < 1.29 is 8.78 Å². The van der Waals surface area contributed by atoms with Gasteiger partial charge in [0, 0.05) is 19.2 Å². The number of guanidine groups is 1. The summed E-state index contributed by atoms with van der Waals surface area (Å²) in [4.78, 5) is 5.91. The third-order valence-corrected chi connectivity index (χ3v) is 2.52. The summed E-state index contributed by atoms with van der Waals surface area (Å²) < 4.78 is 25.8. The van der Waals surface area contributed by atoms with Crippen molar-refractivity contribution in [1.29, 1.82) is 0 Å². The molecule has 1 aliphatic heterocycles. The monoisotopic (exact) mass is 261 g/mol. The number of rotatable bonds is 1. The summed E-state index contributed by atoms with van der Waals surface area (Å²) in [6.07, 6.45) is 2.15. The van der Waals surface area contributed by atoms with Gasteiger partial charge in [-0.15, -0.1) is 12.4 Å². The Morgan fingerprint density at radius 2 is 1.65 bits per heavy atom. The molecule has 1 aromatic carbocycles. The Hall–Kier alpha value is -1.36. The van der Waals surface area contributed by atoms with Gasteiger partial charge < -0.3 is 10.6 Å². The molecule has 0 spiro atoms. The third-order valence-electron chi connectivity index (χ3n) is 2.52. The highest BCUT2D eigenvalue weighted by Crippen LogP contribution is 2.17. The van der Waals surface area contributed by atoms with Crippen molar-refractivity contribution >= 4 is 24.1 Å². The fourth-order valence-electron chi connectivity index (χ4n) is 1.75. The van der Waals surface area contributed by atoms with Gasteiger partial charge in [-0.3, -0.25) is 0 Å². The van der Waals surface area contributed by atoms with E-state index in [-0.39, 0.29) is 18.1 Å². The van der Waals surface area contributed by atoms with Gasteiger partial charge in [0.05, 0.1) is 5.69 Å². The van der Waals surface area contributed by atoms with E-state index in [0.717, 1.165) is 44.1 Å². The molecule has 1 aliphatic rings. The molecule has 2 rings (SSSR count). The van der Waals surface area contributed by atoms with E-state index in [1.165, 1.54) is 0 Å². The summed E-state index contributed by atoms with van der Waals surface area (Å²) in [6.45, 7) is 1.71. The molecule has 0 bridgehead atoms. The number of nitrogens with zero attached hydrogens (tertiary/aromatic N) is 2. The maximum atomic E-state index is 12.9. The zero-order valence-electron chi connectivity index (χ0n) is 9.20. The summed E-state index contributed by atoms with van der Waals surface area (Å²) in [7, 11) is 0. The Labute approximate surface area is 105 Å². The van der Waals surface area contributed by atoms with E-state index in [4.69, 9.17) is 5.73 Å². The number of hydrogen-bond acceptors (Lipinski definition) is 1. The van der Waals surface area contributed by atoms with Crippen LogP contribution in [0.3, 0.4) is 0 Å². The molecule has 1 saturated heterocycles. The van der Waals surface area contributed by atoms with E-state index in [0.29, 0.717) is 5.96 Å². The van der Waals surface area contributed by atoms with Crippen molar-refractivity contribution in [3.63, 3.8) is 0 Å². The average molecular weight is 262 g/mol. The molecule has 17 heavy (non-hydrogen) atoms. The van der Waals surface area contributed by atoms with Gasteiger partial charge >= 0.3 is 0 Å². The Morgan fingerprint density at radius 1 is 1.12 bits per heavy atom. The third kappa shape index (κ3) is 3.56. The lowest BCUT2D eigenvalue weighted by Gasteiger charge is -2.15. The predicted octanol–water partition coefficient (Wildman–Crippen LogP) is 2.43. The quantitative estimate of drug-likeness (QED) is 0.623. The average Bonchev–Trinajstić information content (AvgIpc) is 2.68. The second kappa shape index (κ2) is 5.82. The minimum Gasteiger partial charge on any atom is -0.369 e. The molecule has 0 radical (unpaired) electrons. The number of benzene rings is 1. The van der Waals surface area contributed by atoms with E-state index in [2.05, 4.69) is 4.99 Å². The second-order valence-corrected chi connectivity index (χ2v) is 3.79. The predicted molar refractivity (Wildman–Crippen MR) is 65.7 cm³/mol. The second-order valence-electron chi connectivity index (χ2n) is 3.79. The first-order chi connectivity index (χ1) is 7.65. The Balaban J connectivity index is 0.00000144. The summed E-state index contributed by atoms with van der Waals surface area (Å²) in [5, 5.41) is 0. The first-order valence-corrected chi connectivity index (χ1v) is 5.20. The van der Waals surface area contributed by atoms with Gasteiger partial charge in [-0.25, -0.2) is 13.8 Å². The summed E-state index contributed by atoms with van der Waals surface area (Å²) in [5.41, 5.74) is 5.95. The fraction of sp³-hybridized carbons (Fsp3) is 0.364. The molecule has 6 heteroatoms. The van der Waals surface area contributed by atoms with Crippen LogP contribution in [0.4, 0.5) is 14.5 Å². The molecule has 1 fully saturated rings. The highest BCUT2D eigenvalue weighted by Gasteiger charge is 2.13. The highest BCUT2D eigenvalue weighted by atomic mass is 35.5. The van der Waals surface area contributed by atoms with Crippen molar-refractivity contribution in [2.24, 2.45) is 10.7 Å². The van der Waals surface area contributed by atoms with Gasteiger partial charge in [-0.2, -0.15) is 0 Å². The fourth-order valence-corrected chi connectivity index (χ4v) is 1.75. The molecule has 0 aliphatic carbocycles. The first-order valence-electron chi connectivity index (χ1n) is 5.20. The number of halogens is 3. The van der Waals surface area contributed by atoms with Crippen molar-refractivity contribution in [2.75, 3.05) is 13.1 Å². The van der Waals surface area contributed by atoms with Crippen LogP contribution in [0, 0.1) is 11.6 Å².